The Bertz CT molecular complexity index is 2620. The Kier molecular flexibility index (Phi) is 9.95. The van der Waals surface area contributed by atoms with Crippen molar-refractivity contribution in [1.29, 1.82) is 0 Å². The monoisotopic (exact) mass is 755 g/mol. The van der Waals surface area contributed by atoms with Crippen LogP contribution in [-0.2, 0) is 19.9 Å². The Hall–Kier alpha value is -5.13. The minimum atomic E-state index is -1.61. The van der Waals surface area contributed by atoms with Crippen LogP contribution >= 0.6 is 0 Å². The van der Waals surface area contributed by atoms with Gasteiger partial charge < -0.3 is 4.42 Å². The van der Waals surface area contributed by atoms with Gasteiger partial charge in [0, 0.05) is 45.3 Å². The Labute approximate surface area is 334 Å². The lowest BCUT2D eigenvalue weighted by atomic mass is 9.79. The number of hydrogen-bond donors (Lipinski definition) is 0. The molecule has 2 atom stereocenters. The summed E-state index contributed by atoms with van der Waals surface area (Å²) in [4.78, 5) is 5.18. The van der Waals surface area contributed by atoms with Gasteiger partial charge in [-0.15, -0.1) is 0 Å². The highest BCUT2D eigenvalue weighted by molar-refractivity contribution is 6.89. The molecule has 5 heterocycles. The van der Waals surface area contributed by atoms with E-state index >= 15 is 0 Å². The van der Waals surface area contributed by atoms with Crippen LogP contribution in [0.3, 0.4) is 0 Å². The van der Waals surface area contributed by atoms with Crippen LogP contribution in [0, 0.1) is 13.8 Å². The number of aryl methyl sites for hydroxylation is 5. The number of rotatable bonds is 10. The molecule has 0 spiro atoms. The topological polar surface area (TPSA) is 33.8 Å². The van der Waals surface area contributed by atoms with E-state index in [2.05, 4.69) is 180 Å². The van der Waals surface area contributed by atoms with Gasteiger partial charge >= 0.3 is 0 Å². The summed E-state index contributed by atoms with van der Waals surface area (Å²) in [6.07, 6.45) is 11.0. The molecule has 0 fully saturated rings. The van der Waals surface area contributed by atoms with E-state index < -0.39 is 8.07 Å². The van der Waals surface area contributed by atoms with Crippen LogP contribution in [0.1, 0.15) is 84.9 Å². The van der Waals surface area contributed by atoms with Crippen molar-refractivity contribution in [3.05, 3.63) is 143 Å². The van der Waals surface area contributed by atoms with Crippen molar-refractivity contribution in [2.75, 3.05) is 0 Å². The van der Waals surface area contributed by atoms with Gasteiger partial charge in [-0.05, 0) is 96.7 Å². The van der Waals surface area contributed by atoms with Crippen molar-refractivity contribution in [3.63, 3.8) is 0 Å². The second-order valence-corrected chi connectivity index (χ2v) is 22.5. The number of nitrogens with zero attached hydrogens (tertiary/aromatic N) is 3. The van der Waals surface area contributed by atoms with Crippen LogP contribution in [0.15, 0.2) is 114 Å². The fraction of sp³-hybridized carbons (Fsp3) is 0.314. The van der Waals surface area contributed by atoms with Gasteiger partial charge in [0.1, 0.15) is 7.05 Å². The molecule has 8 rings (SSSR count). The van der Waals surface area contributed by atoms with Crippen LogP contribution in [0.4, 0.5) is 0 Å². The quantitative estimate of drug-likeness (QED) is 0.0791. The normalized spacial score (nSPS) is 15.4. The average molecular weight is 756 g/mol. The van der Waals surface area contributed by atoms with Gasteiger partial charge in [0.2, 0.25) is 17.1 Å². The second-order valence-electron chi connectivity index (χ2n) is 17.5. The number of aromatic nitrogens is 3. The van der Waals surface area contributed by atoms with E-state index in [9.17, 15) is 0 Å². The van der Waals surface area contributed by atoms with E-state index in [0.717, 1.165) is 59.0 Å². The van der Waals surface area contributed by atoms with E-state index in [-0.39, 0.29) is 12.0 Å². The highest BCUT2D eigenvalue weighted by Gasteiger charge is 2.40. The summed E-state index contributed by atoms with van der Waals surface area (Å²) in [5.74, 6) is 0.669. The molecular formula is C51H57N3OSi+2. The van der Waals surface area contributed by atoms with Crippen molar-refractivity contribution in [2.24, 2.45) is 7.05 Å². The third kappa shape index (κ3) is 6.54. The molecule has 0 saturated carbocycles. The summed E-state index contributed by atoms with van der Waals surface area (Å²) in [7, 11) is 0.549. The molecule has 1 aliphatic rings. The van der Waals surface area contributed by atoms with Gasteiger partial charge in [0.05, 0.1) is 25.2 Å². The maximum atomic E-state index is 6.95. The van der Waals surface area contributed by atoms with Gasteiger partial charge in [0.15, 0.2) is 24.0 Å². The molecule has 4 nitrogen and oxygen atoms in total. The molecule has 4 aromatic heterocycles. The zero-order valence-corrected chi connectivity index (χ0v) is 35.8. The predicted octanol–water partition coefficient (Wildman–Crippen LogP) is 11.8. The van der Waals surface area contributed by atoms with Crippen LogP contribution in [0.2, 0.25) is 19.6 Å². The molecular weight excluding hydrogens is 699 g/mol. The summed E-state index contributed by atoms with van der Waals surface area (Å²) in [6.45, 7) is 23.1. The molecule has 1 aliphatic heterocycles. The number of furan rings is 1. The lowest BCUT2D eigenvalue weighted by Crippen LogP contribution is -2.53. The summed E-state index contributed by atoms with van der Waals surface area (Å²) < 4.78 is 11.8. The fourth-order valence-electron chi connectivity index (χ4n) is 9.37. The van der Waals surface area contributed by atoms with Gasteiger partial charge in [-0.2, -0.15) is 4.57 Å². The molecule has 0 amide bonds. The maximum absolute atomic E-state index is 6.95. The third-order valence-corrected chi connectivity index (χ3v) is 14.4. The molecule has 7 aromatic rings. The number of fused-ring (bicyclic) bond motifs is 6. The Morgan fingerprint density at radius 2 is 1.59 bits per heavy atom. The lowest BCUT2D eigenvalue weighted by Gasteiger charge is -2.31. The molecule has 284 valence electrons. The standard InChI is InChI=1S/C51H57N3OSi/c1-11-16-37-30-45-39-20-14-13-19-38(39)40(44(12-2)54(45)31-47(37)56(8,9)10)23-21-35-22-24-41-42-25-26-43(48-33(5)17-15-18-34(48)6)52-51(42)55-50(41)49(35)46-29-36(32(3)4)27-28-53(46)7/h12-15,17-20,22,24-32,40,44H,2,11,16,21,23H2,1,3-10H3/q+2. The van der Waals surface area contributed by atoms with Crippen LogP contribution in [-0.4, -0.2) is 13.1 Å². The summed E-state index contributed by atoms with van der Waals surface area (Å²) >= 11 is 0. The first-order chi connectivity index (χ1) is 26.9. The van der Waals surface area contributed by atoms with Crippen LogP contribution < -0.4 is 14.3 Å². The molecule has 3 aromatic carbocycles. The maximum Gasteiger partial charge on any atom is 0.227 e. The smallest absolute Gasteiger partial charge is 0.227 e. The van der Waals surface area contributed by atoms with E-state index in [1.165, 1.54) is 50.2 Å². The van der Waals surface area contributed by atoms with E-state index in [0.29, 0.717) is 11.6 Å². The largest absolute Gasteiger partial charge is 0.437 e. The van der Waals surface area contributed by atoms with E-state index in [1.807, 2.05) is 0 Å². The lowest BCUT2D eigenvalue weighted by molar-refractivity contribution is -0.706. The third-order valence-electron chi connectivity index (χ3n) is 12.3. The first kappa shape index (κ1) is 37.8. The van der Waals surface area contributed by atoms with Crippen molar-refractivity contribution >= 4 is 35.3 Å². The number of benzene rings is 3. The predicted molar refractivity (Wildman–Crippen MR) is 236 cm³/mol. The number of allylic oxidation sites excluding steroid dienone is 1. The summed E-state index contributed by atoms with van der Waals surface area (Å²) in [5.41, 5.74) is 16.7. The first-order valence-electron chi connectivity index (χ1n) is 20.6. The summed E-state index contributed by atoms with van der Waals surface area (Å²) in [5, 5.41) is 3.72. The Morgan fingerprint density at radius 1 is 0.839 bits per heavy atom. The minimum absolute atomic E-state index is 0.150. The first-order valence-corrected chi connectivity index (χ1v) is 24.1. The SMILES string of the molecule is C=CC1C(CCc2ccc3c(oc4nc(-c5c(C)cccc5C)ccc43)c2-c2cc(C(C)C)cc[n+]2C)c2ccccc2-c2cc(CCC)c([Si](C)(C)C)c[n+]21. The molecule has 5 heteroatoms. The zero-order chi connectivity index (χ0) is 39.5. The van der Waals surface area contributed by atoms with Crippen molar-refractivity contribution in [2.45, 2.75) is 97.8 Å². The van der Waals surface area contributed by atoms with Gasteiger partial charge in [-0.3, -0.25) is 0 Å². The van der Waals surface area contributed by atoms with E-state index in [4.69, 9.17) is 9.40 Å². The van der Waals surface area contributed by atoms with Crippen LogP contribution in [0.5, 0.6) is 0 Å². The number of pyridine rings is 3. The second kappa shape index (κ2) is 14.7. The Morgan fingerprint density at radius 3 is 2.30 bits per heavy atom. The molecule has 0 N–H and O–H groups in total. The number of hydrogen-bond acceptors (Lipinski definition) is 2. The molecule has 0 radical (unpaired) electrons. The van der Waals surface area contributed by atoms with Crippen molar-refractivity contribution in [1.82, 2.24) is 4.98 Å². The average Bonchev–Trinajstić information content (AvgIpc) is 3.54. The zero-order valence-electron chi connectivity index (χ0n) is 34.8. The van der Waals surface area contributed by atoms with Crippen molar-refractivity contribution < 1.29 is 13.6 Å². The van der Waals surface area contributed by atoms with Gasteiger partial charge in [-0.25, -0.2) is 9.55 Å². The molecule has 0 saturated heterocycles. The molecule has 0 aliphatic carbocycles. The van der Waals surface area contributed by atoms with Gasteiger partial charge in [0.25, 0.3) is 0 Å². The highest BCUT2D eigenvalue weighted by atomic mass is 28.3. The minimum Gasteiger partial charge on any atom is -0.437 e. The molecule has 2 unspecified atom stereocenters. The van der Waals surface area contributed by atoms with Crippen molar-refractivity contribution in [3.8, 4) is 33.8 Å². The molecule has 56 heavy (non-hydrogen) atoms. The molecule has 0 bridgehead atoms. The van der Waals surface area contributed by atoms with E-state index in [1.54, 1.807) is 5.19 Å². The highest BCUT2D eigenvalue weighted by Crippen LogP contribution is 2.44. The van der Waals surface area contributed by atoms with Gasteiger partial charge in [-0.1, -0.05) is 102 Å². The van der Waals surface area contributed by atoms with Crippen LogP contribution in [0.25, 0.3) is 55.8 Å². The fourth-order valence-corrected chi connectivity index (χ4v) is 11.1. The Balaban J connectivity index is 1.28. The summed E-state index contributed by atoms with van der Waals surface area (Å²) in [6, 6.07) is 31.8.